The summed E-state index contributed by atoms with van der Waals surface area (Å²) in [6, 6.07) is 170. The molecule has 0 bridgehead atoms. The molecule has 8 heterocycles. The number of H-pyrrole nitrogens is 1. The average Bonchev–Trinajstić information content (AvgIpc) is 1.58. The molecule has 0 unspecified atom stereocenters. The van der Waals surface area contributed by atoms with E-state index >= 15 is 0 Å². The molecule has 146 heavy (non-hydrogen) atoms. The Labute approximate surface area is 851 Å². The van der Waals surface area contributed by atoms with E-state index in [1.54, 1.807) is 22.7 Å². The van der Waals surface area contributed by atoms with E-state index in [4.69, 9.17) is 24.9 Å². The second-order valence-electron chi connectivity index (χ2n) is 36.0. The normalized spacial score (nSPS) is 11.5. The fourth-order valence-corrected chi connectivity index (χ4v) is 22.7. The maximum Gasteiger partial charge on any atom is 2.00 e. The number of hydrogen-bond acceptors (Lipinski definition) is 9. The topological polar surface area (TPSA) is 148 Å². The van der Waals surface area contributed by atoms with Crippen molar-refractivity contribution in [2.45, 2.75) is 0 Å². The standard InChI is InChI=1S/C50H32N4.C45H29N5.C18H13NOS.C17H11NOS.Be/c1-3-13-33(14-4-1)34-23-25-35(26-24-34)49-41-19-7-10-20-44(41)51-50(52-49)54-46-22-12-9-18-40(46)43-32-37(28-30-48(43)54)36-27-29-47-42(31-36)39-17-8-11-21-45(39)53(47)38-15-5-2-6-16-38;1-4-14-30(15-5-1)43-46-44(31-16-6-2-7-17-31)48-45(47-43)50-40-23-13-11-21-36(40)38-29-33(25-27-42(38)50)32-24-26-41-37(28-32)35-20-10-12-22-39(35)49(41)34-18-8-3-9-19-34;1-19-15-8-4-5-9-16(15)21-18(19)14-11-10-12-6-2-3-7-13(12)17(14)20;19-16-12-6-2-1-5-11(12)9-10-13(16)17-18-14-7-3-4-8-15(14)20-17;/h1-32H;1-29H;2-11,20H,1H2;1-10,19H;/q;;;;+2/p-1. The zero-order valence-corrected chi connectivity index (χ0v) is 80.4. The largest absolute Gasteiger partial charge is 2.00 e. The van der Waals surface area contributed by atoms with Gasteiger partial charge in [-0.15, -0.1) is 11.3 Å². The molecule has 16 heteroatoms. The van der Waals surface area contributed by atoms with Gasteiger partial charge in [0.15, 0.2) is 16.7 Å². The van der Waals surface area contributed by atoms with Crippen LogP contribution in [0.15, 0.2) is 491 Å². The van der Waals surface area contributed by atoms with Gasteiger partial charge in [-0.1, -0.05) is 387 Å². The third kappa shape index (κ3) is 15.9. The molecule has 0 radical (unpaired) electrons. The van der Waals surface area contributed by atoms with Gasteiger partial charge in [-0.2, -0.15) is 15.0 Å². The summed E-state index contributed by atoms with van der Waals surface area (Å²) in [4.78, 5) is 29.0. The van der Waals surface area contributed by atoms with E-state index in [0.29, 0.717) is 29.1 Å². The molecule has 29 rings (SSSR count). The van der Waals surface area contributed by atoms with Crippen LogP contribution in [0.3, 0.4) is 0 Å². The third-order valence-corrected chi connectivity index (χ3v) is 29.8. The Hall–Kier alpha value is -18.9. The number of hydrogen-bond donors (Lipinski definition) is 0. The summed E-state index contributed by atoms with van der Waals surface area (Å²) in [7, 11) is 4.09. The van der Waals surface area contributed by atoms with Crippen molar-refractivity contribution in [2.75, 3.05) is 0 Å². The SMILES string of the molecule is [Be+2].[CH2-][n+]1c(-c2ccc3ccccc3c2[O-])sc2ccccc21.[O-]c1c(-c2[nH+]c3ccccc3s2)ccc2ccccc12.c1ccc(-c2ccc(-c3nc(-n4c5ccccc5c5cc(-c6ccc7c(c6)c6ccccc6n7-c6ccccc6)ccc54)nc4ccccc34)cc2)cc1.c1ccc(-c2nc(-c3ccccc3)nc(-n3c4ccccc4c4cc(-c5ccc6c(c5)c5ccccc5n6-c5ccccc5)ccc43)n2)cc1. The number of fused-ring (bicyclic) bond motifs is 17. The molecule has 13 nitrogen and oxygen atoms in total. The fourth-order valence-electron chi connectivity index (χ4n) is 20.6. The van der Waals surface area contributed by atoms with E-state index in [0.717, 1.165) is 141 Å². The van der Waals surface area contributed by atoms with Crippen LogP contribution in [0.1, 0.15) is 0 Å². The van der Waals surface area contributed by atoms with E-state index in [1.165, 1.54) is 82.2 Å². The molecule has 8 aromatic heterocycles. The molecule has 29 aromatic rings. The first-order valence-corrected chi connectivity index (χ1v) is 49.9. The predicted octanol–water partition coefficient (Wildman–Crippen LogP) is 30.8. The molecule has 0 fully saturated rings. The number of para-hydroxylation sites is 9. The van der Waals surface area contributed by atoms with Gasteiger partial charge in [-0.25, -0.2) is 15.0 Å². The molecule has 0 aliphatic heterocycles. The van der Waals surface area contributed by atoms with Crippen LogP contribution in [0, 0.1) is 7.05 Å². The van der Waals surface area contributed by atoms with Crippen molar-refractivity contribution < 1.29 is 19.8 Å². The first-order chi connectivity index (χ1) is 71.7. The van der Waals surface area contributed by atoms with Gasteiger partial charge in [0, 0.05) is 94.4 Å². The summed E-state index contributed by atoms with van der Waals surface area (Å²) in [5.74, 6) is 2.68. The minimum atomic E-state index is 0. The molecule has 1 N–H and O–H groups in total. The molecule has 0 spiro atoms. The Morgan fingerprint density at radius 1 is 0.247 bits per heavy atom. The zero-order chi connectivity index (χ0) is 96.5. The van der Waals surface area contributed by atoms with E-state index in [-0.39, 0.29) is 21.6 Å². The number of thiazole rings is 2. The second-order valence-corrected chi connectivity index (χ2v) is 38.1. The molecule has 0 saturated heterocycles. The first kappa shape index (κ1) is 88.5. The predicted molar refractivity (Wildman–Crippen MR) is 601 cm³/mol. The first-order valence-electron chi connectivity index (χ1n) is 48.3. The quantitative estimate of drug-likeness (QED) is 0.0672. The van der Waals surface area contributed by atoms with Crippen molar-refractivity contribution in [2.24, 2.45) is 0 Å². The molecular weight excluding hydrogens is 1820 g/mol. The number of aromatic nitrogens is 11. The Bertz CT molecular complexity index is 10000. The van der Waals surface area contributed by atoms with Crippen LogP contribution < -0.4 is 19.8 Å². The fraction of sp³-hybridized carbons (Fsp3) is 0. The second kappa shape index (κ2) is 37.6. The van der Waals surface area contributed by atoms with Crippen LogP contribution in [0.5, 0.6) is 11.5 Å². The van der Waals surface area contributed by atoms with Crippen LogP contribution in [-0.2, 0) is 0 Å². The van der Waals surface area contributed by atoms with Crippen LogP contribution in [0.25, 0.3) is 252 Å². The van der Waals surface area contributed by atoms with Crippen molar-refractivity contribution in [3.63, 3.8) is 0 Å². The van der Waals surface area contributed by atoms with Crippen molar-refractivity contribution in [1.29, 1.82) is 0 Å². The molecule has 0 atom stereocenters. The van der Waals surface area contributed by atoms with E-state index in [9.17, 15) is 10.2 Å². The number of nitrogens with zero attached hydrogens (tertiary/aromatic N) is 10. The Balaban J connectivity index is 0.000000110. The number of aromatic amines is 1. The molecule has 0 aliphatic rings. The summed E-state index contributed by atoms with van der Waals surface area (Å²) in [5, 5.41) is 41.2. The molecule has 0 amide bonds. The number of benzene rings is 21. The van der Waals surface area contributed by atoms with Gasteiger partial charge in [0.05, 0.1) is 60.9 Å². The smallest absolute Gasteiger partial charge is 0.872 e. The Kier molecular flexibility index (Phi) is 22.8. The van der Waals surface area contributed by atoms with Gasteiger partial charge in [0.2, 0.25) is 17.4 Å². The van der Waals surface area contributed by atoms with E-state index < -0.39 is 0 Å². The van der Waals surface area contributed by atoms with E-state index in [1.807, 2.05) is 187 Å². The minimum absolute atomic E-state index is 0. The molecule has 684 valence electrons. The van der Waals surface area contributed by atoms with Gasteiger partial charge < -0.3 is 23.9 Å². The van der Waals surface area contributed by atoms with Gasteiger partial charge in [0.1, 0.15) is 10.2 Å². The molecule has 0 saturated carbocycles. The minimum Gasteiger partial charge on any atom is -0.872 e. The summed E-state index contributed by atoms with van der Waals surface area (Å²) in [5.41, 5.74) is 26.7. The van der Waals surface area contributed by atoms with Gasteiger partial charge in [-0.3, -0.25) is 9.13 Å². The average molecular weight is 1910 g/mol. The number of rotatable bonds is 12. The van der Waals surface area contributed by atoms with Crippen molar-refractivity contribution in [3.05, 3.63) is 498 Å². The third-order valence-electron chi connectivity index (χ3n) is 27.5. The maximum atomic E-state index is 12.7. The molecule has 21 aromatic carbocycles. The monoisotopic (exact) mass is 1900 g/mol. The zero-order valence-electron chi connectivity index (χ0n) is 78.8. The molecular formula is C130H84BeN11O2S2+. The van der Waals surface area contributed by atoms with Gasteiger partial charge in [0.25, 0.3) is 5.01 Å². The number of nitrogens with one attached hydrogen (secondary N) is 1. The Morgan fingerprint density at radius 2 is 0.589 bits per heavy atom. The summed E-state index contributed by atoms with van der Waals surface area (Å²) in [6.07, 6.45) is 0. The van der Waals surface area contributed by atoms with Crippen LogP contribution in [-0.4, -0.2) is 53.3 Å². The van der Waals surface area contributed by atoms with Crippen LogP contribution in [0.2, 0.25) is 0 Å². The van der Waals surface area contributed by atoms with Crippen LogP contribution in [0.4, 0.5) is 0 Å². The van der Waals surface area contributed by atoms with Crippen molar-refractivity contribution in [3.8, 4) is 123 Å². The van der Waals surface area contributed by atoms with E-state index in [2.05, 4.69) is 340 Å². The summed E-state index contributed by atoms with van der Waals surface area (Å²) in [6.45, 7) is 0. The van der Waals surface area contributed by atoms with Crippen LogP contribution >= 0.6 is 22.7 Å². The van der Waals surface area contributed by atoms with Gasteiger partial charge in [-0.05, 0) is 182 Å². The summed E-state index contributed by atoms with van der Waals surface area (Å²) >= 11 is 3.22. The molecule has 0 aliphatic carbocycles. The Morgan fingerprint density at radius 3 is 1.06 bits per heavy atom. The van der Waals surface area contributed by atoms with Crippen molar-refractivity contribution in [1.82, 2.24) is 43.2 Å². The summed E-state index contributed by atoms with van der Waals surface area (Å²) < 4.78 is 13.3. The van der Waals surface area contributed by atoms with Crippen molar-refractivity contribution >= 4 is 173 Å². The van der Waals surface area contributed by atoms with Gasteiger partial charge >= 0.3 is 10.1 Å². The maximum absolute atomic E-state index is 12.7.